The Morgan fingerprint density at radius 2 is 1.87 bits per heavy atom. The minimum absolute atomic E-state index is 0.646. The van der Waals surface area contributed by atoms with E-state index in [1.807, 2.05) is 6.20 Å². The highest BCUT2D eigenvalue weighted by Gasteiger charge is 2.10. The van der Waals surface area contributed by atoms with Crippen LogP contribution in [0, 0.1) is 0 Å². The zero-order valence-corrected chi connectivity index (χ0v) is 17.6. The fourth-order valence-electron chi connectivity index (χ4n) is 3.93. The second-order valence-corrected chi connectivity index (χ2v) is 7.86. The van der Waals surface area contributed by atoms with Crippen molar-refractivity contribution in [2.24, 2.45) is 5.73 Å². The number of nitrogens with two attached hydrogens (primary N) is 1. The molecule has 6 heteroatoms. The number of benzene rings is 2. The SMILES string of the molecule is NCCCOc1ccc(-c2ccc3[nH]ccc3c2)cc1CNCCN1CCNCC1. The molecule has 1 saturated heterocycles. The molecule has 0 saturated carbocycles. The van der Waals surface area contributed by atoms with E-state index >= 15 is 0 Å². The van der Waals surface area contributed by atoms with Crippen LogP contribution in [0.2, 0.25) is 0 Å². The number of rotatable bonds is 10. The quantitative estimate of drug-likeness (QED) is 0.389. The summed E-state index contributed by atoms with van der Waals surface area (Å²) in [6.07, 6.45) is 2.85. The molecule has 0 bridgehead atoms. The van der Waals surface area contributed by atoms with Crippen LogP contribution in [0.5, 0.6) is 5.75 Å². The lowest BCUT2D eigenvalue weighted by molar-refractivity contribution is 0.240. The van der Waals surface area contributed by atoms with Crippen LogP contribution in [0.15, 0.2) is 48.7 Å². The first-order valence-electron chi connectivity index (χ1n) is 11.0. The van der Waals surface area contributed by atoms with Gasteiger partial charge in [0.25, 0.3) is 0 Å². The van der Waals surface area contributed by atoms with Crippen molar-refractivity contribution < 1.29 is 4.74 Å². The molecule has 1 aliphatic heterocycles. The molecule has 6 nitrogen and oxygen atoms in total. The van der Waals surface area contributed by atoms with Crippen molar-refractivity contribution in [1.29, 1.82) is 0 Å². The van der Waals surface area contributed by atoms with Gasteiger partial charge in [-0.3, -0.25) is 4.90 Å². The van der Waals surface area contributed by atoms with Crippen molar-refractivity contribution in [2.45, 2.75) is 13.0 Å². The Kier molecular flexibility index (Phi) is 7.37. The van der Waals surface area contributed by atoms with Gasteiger partial charge in [0, 0.05) is 63.1 Å². The lowest BCUT2D eigenvalue weighted by Crippen LogP contribution is -2.45. The van der Waals surface area contributed by atoms with Crippen LogP contribution in [-0.2, 0) is 6.54 Å². The van der Waals surface area contributed by atoms with E-state index < -0.39 is 0 Å². The third-order valence-electron chi connectivity index (χ3n) is 5.68. The summed E-state index contributed by atoms with van der Waals surface area (Å²) in [5, 5.41) is 8.24. The molecule has 1 fully saturated rings. The van der Waals surface area contributed by atoms with Crippen molar-refractivity contribution in [3.63, 3.8) is 0 Å². The van der Waals surface area contributed by atoms with Crippen LogP contribution in [0.3, 0.4) is 0 Å². The number of aromatic amines is 1. The molecule has 0 spiro atoms. The maximum atomic E-state index is 6.03. The molecule has 0 aliphatic carbocycles. The molecule has 0 unspecified atom stereocenters. The van der Waals surface area contributed by atoms with Gasteiger partial charge in [0.1, 0.15) is 5.75 Å². The molecule has 1 aliphatic rings. The topological polar surface area (TPSA) is 78.3 Å². The van der Waals surface area contributed by atoms with Gasteiger partial charge >= 0.3 is 0 Å². The van der Waals surface area contributed by atoms with E-state index in [0.717, 1.165) is 63.5 Å². The Morgan fingerprint density at radius 1 is 1.03 bits per heavy atom. The van der Waals surface area contributed by atoms with E-state index in [2.05, 4.69) is 63.0 Å². The number of hydrogen-bond acceptors (Lipinski definition) is 5. The molecule has 5 N–H and O–H groups in total. The second-order valence-electron chi connectivity index (χ2n) is 7.86. The summed E-state index contributed by atoms with van der Waals surface area (Å²) in [5.41, 5.74) is 10.4. The minimum atomic E-state index is 0.646. The standard InChI is InChI=1S/C24H33N5O/c25-7-1-15-30-24-5-3-20(19-2-4-23-21(16-19)6-8-28-23)17-22(24)18-27-11-14-29-12-9-26-10-13-29/h2-6,8,16-17,26-28H,1,7,9-15,18,25H2. The Balaban J connectivity index is 1.45. The molecule has 0 amide bonds. The monoisotopic (exact) mass is 407 g/mol. The fraction of sp³-hybridized carbons (Fsp3) is 0.417. The summed E-state index contributed by atoms with van der Waals surface area (Å²) >= 11 is 0. The lowest BCUT2D eigenvalue weighted by Gasteiger charge is -2.27. The van der Waals surface area contributed by atoms with Crippen molar-refractivity contribution >= 4 is 10.9 Å². The molecule has 160 valence electrons. The molecule has 0 atom stereocenters. The van der Waals surface area contributed by atoms with E-state index in [4.69, 9.17) is 10.5 Å². The van der Waals surface area contributed by atoms with Crippen LogP contribution in [0.1, 0.15) is 12.0 Å². The van der Waals surface area contributed by atoms with Gasteiger partial charge in [-0.25, -0.2) is 0 Å². The third kappa shape index (κ3) is 5.40. The summed E-state index contributed by atoms with van der Waals surface area (Å²) in [6.45, 7) is 8.59. The Labute approximate surface area is 178 Å². The van der Waals surface area contributed by atoms with Crippen LogP contribution in [-0.4, -0.2) is 62.3 Å². The van der Waals surface area contributed by atoms with Crippen molar-refractivity contribution in [3.05, 3.63) is 54.2 Å². The number of hydrogen-bond donors (Lipinski definition) is 4. The van der Waals surface area contributed by atoms with Crippen molar-refractivity contribution in [2.75, 3.05) is 52.4 Å². The number of piperazine rings is 1. The summed E-state index contributed by atoms with van der Waals surface area (Å²) in [6, 6.07) is 15.2. The highest BCUT2D eigenvalue weighted by Crippen LogP contribution is 2.29. The Bertz CT molecular complexity index is 932. The van der Waals surface area contributed by atoms with E-state index in [1.54, 1.807) is 0 Å². The average molecular weight is 408 g/mol. The van der Waals surface area contributed by atoms with E-state index in [-0.39, 0.29) is 0 Å². The lowest BCUT2D eigenvalue weighted by atomic mass is 10.0. The number of nitrogens with one attached hydrogen (secondary N) is 3. The molecular weight excluding hydrogens is 374 g/mol. The van der Waals surface area contributed by atoms with Gasteiger partial charge in [-0.05, 0) is 59.8 Å². The van der Waals surface area contributed by atoms with Gasteiger partial charge in [0.2, 0.25) is 0 Å². The average Bonchev–Trinajstić information content (AvgIpc) is 3.26. The van der Waals surface area contributed by atoms with E-state index in [1.165, 1.54) is 22.1 Å². The molecular formula is C24H33N5O. The maximum absolute atomic E-state index is 6.03. The number of fused-ring (bicyclic) bond motifs is 1. The van der Waals surface area contributed by atoms with Crippen molar-refractivity contribution in [3.8, 4) is 16.9 Å². The predicted octanol–water partition coefficient (Wildman–Crippen LogP) is 2.56. The second kappa shape index (κ2) is 10.6. The summed E-state index contributed by atoms with van der Waals surface area (Å²) in [4.78, 5) is 5.77. The molecule has 1 aromatic heterocycles. The molecule has 2 heterocycles. The Morgan fingerprint density at radius 3 is 2.73 bits per heavy atom. The van der Waals surface area contributed by atoms with Gasteiger partial charge in [0.15, 0.2) is 0 Å². The zero-order valence-electron chi connectivity index (χ0n) is 17.6. The minimum Gasteiger partial charge on any atom is -0.493 e. The van der Waals surface area contributed by atoms with Gasteiger partial charge in [-0.15, -0.1) is 0 Å². The van der Waals surface area contributed by atoms with Crippen molar-refractivity contribution in [1.82, 2.24) is 20.5 Å². The van der Waals surface area contributed by atoms with Crippen LogP contribution in [0.4, 0.5) is 0 Å². The number of aromatic nitrogens is 1. The summed E-state index contributed by atoms with van der Waals surface area (Å²) in [7, 11) is 0. The van der Waals surface area contributed by atoms with Crippen LogP contribution < -0.4 is 21.1 Å². The number of nitrogens with zero attached hydrogens (tertiary/aromatic N) is 1. The predicted molar refractivity (Wildman–Crippen MR) is 124 cm³/mol. The normalized spacial score (nSPS) is 15.0. The van der Waals surface area contributed by atoms with Crippen LogP contribution in [0.25, 0.3) is 22.0 Å². The molecule has 0 radical (unpaired) electrons. The van der Waals surface area contributed by atoms with Crippen LogP contribution >= 0.6 is 0 Å². The highest BCUT2D eigenvalue weighted by molar-refractivity contribution is 5.85. The molecule has 3 aromatic rings. The molecule has 30 heavy (non-hydrogen) atoms. The highest BCUT2D eigenvalue weighted by atomic mass is 16.5. The zero-order chi connectivity index (χ0) is 20.6. The largest absolute Gasteiger partial charge is 0.493 e. The summed E-state index contributed by atoms with van der Waals surface area (Å²) < 4.78 is 6.03. The number of H-pyrrole nitrogens is 1. The molecule has 4 rings (SSSR count). The van der Waals surface area contributed by atoms with Gasteiger partial charge < -0.3 is 26.1 Å². The summed E-state index contributed by atoms with van der Waals surface area (Å²) in [5.74, 6) is 0.949. The smallest absolute Gasteiger partial charge is 0.123 e. The van der Waals surface area contributed by atoms with E-state index in [9.17, 15) is 0 Å². The van der Waals surface area contributed by atoms with Gasteiger partial charge in [-0.1, -0.05) is 12.1 Å². The van der Waals surface area contributed by atoms with Gasteiger partial charge in [0.05, 0.1) is 6.61 Å². The van der Waals surface area contributed by atoms with Gasteiger partial charge in [-0.2, -0.15) is 0 Å². The molecule has 2 aromatic carbocycles. The third-order valence-corrected chi connectivity index (χ3v) is 5.68. The fourth-order valence-corrected chi connectivity index (χ4v) is 3.93. The Hall–Kier alpha value is -2.38. The number of ether oxygens (including phenoxy) is 1. The maximum Gasteiger partial charge on any atom is 0.123 e. The first kappa shape index (κ1) is 20.9. The first-order chi connectivity index (χ1) is 14.8. The van der Waals surface area contributed by atoms with E-state index in [0.29, 0.717) is 13.2 Å². The first-order valence-corrected chi connectivity index (χ1v) is 11.0.